The maximum atomic E-state index is 14.5. The van der Waals surface area contributed by atoms with Crippen molar-refractivity contribution in [1.29, 1.82) is 0 Å². The van der Waals surface area contributed by atoms with Gasteiger partial charge in [-0.05, 0) is 74.6 Å². The van der Waals surface area contributed by atoms with Gasteiger partial charge in [-0.3, -0.25) is 0 Å². The molecule has 1 N–H and O–H groups in total. The Morgan fingerprint density at radius 2 is 2.05 bits per heavy atom. The van der Waals surface area contributed by atoms with Crippen molar-refractivity contribution in [1.82, 2.24) is 19.5 Å². The minimum Gasteiger partial charge on any atom is -0.349 e. The maximum Gasteiger partial charge on any atom is 0.322 e. The van der Waals surface area contributed by atoms with E-state index in [9.17, 15) is 18.4 Å². The predicted molar refractivity (Wildman–Crippen MR) is 134 cm³/mol. The molecule has 192 valence electrons. The van der Waals surface area contributed by atoms with Crippen LogP contribution in [0, 0.1) is 17.0 Å². The fourth-order valence-electron chi connectivity index (χ4n) is 6.29. The predicted octanol–water partition coefficient (Wildman–Crippen LogP) is 4.91. The van der Waals surface area contributed by atoms with Crippen molar-refractivity contribution in [3.8, 4) is 0 Å². The summed E-state index contributed by atoms with van der Waals surface area (Å²) in [6.45, 7) is 1.90. The largest absolute Gasteiger partial charge is 0.349 e. The summed E-state index contributed by atoms with van der Waals surface area (Å²) in [5.74, 6) is 1.80. The molecule has 1 aliphatic carbocycles. The van der Waals surface area contributed by atoms with Gasteiger partial charge in [0.15, 0.2) is 5.65 Å². The van der Waals surface area contributed by atoms with Crippen molar-refractivity contribution in [3.63, 3.8) is 0 Å². The third kappa shape index (κ3) is 4.35. The number of carbonyl (C=O) groups excluding carboxylic acids is 2. The molecule has 1 saturated carbocycles. The number of urea groups is 1. The average molecular weight is 507 g/mol. The summed E-state index contributed by atoms with van der Waals surface area (Å²) in [6, 6.07) is 4.79. The second-order valence-electron chi connectivity index (χ2n) is 10.5. The highest BCUT2D eigenvalue weighted by atomic mass is 19.1. The lowest BCUT2D eigenvalue weighted by Crippen LogP contribution is -2.36. The van der Waals surface area contributed by atoms with E-state index < -0.39 is 11.6 Å². The molecule has 37 heavy (non-hydrogen) atoms. The Morgan fingerprint density at radius 1 is 1.16 bits per heavy atom. The van der Waals surface area contributed by atoms with E-state index in [-0.39, 0.29) is 17.5 Å². The molecular formula is C27H28F2N6O2. The fourth-order valence-corrected chi connectivity index (χ4v) is 6.29. The summed E-state index contributed by atoms with van der Waals surface area (Å²) in [6.07, 6.45) is 9.19. The number of rotatable bonds is 3. The second-order valence-corrected chi connectivity index (χ2v) is 10.5. The number of amides is 2. The first-order valence-electron chi connectivity index (χ1n) is 12.8. The molecule has 2 atom stereocenters. The molecule has 0 bridgehead atoms. The molecule has 2 aliphatic heterocycles. The fraction of sp³-hybridized carbons (Fsp3) is 0.444. The van der Waals surface area contributed by atoms with E-state index >= 15 is 0 Å². The van der Waals surface area contributed by atoms with E-state index in [4.69, 9.17) is 4.98 Å². The van der Waals surface area contributed by atoms with Gasteiger partial charge in [0.25, 0.3) is 0 Å². The van der Waals surface area contributed by atoms with Crippen molar-refractivity contribution in [3.05, 3.63) is 59.4 Å². The molecule has 4 heterocycles. The normalized spacial score (nSPS) is 23.7. The zero-order valence-electron chi connectivity index (χ0n) is 20.4. The summed E-state index contributed by atoms with van der Waals surface area (Å²) in [4.78, 5) is 32.9. The smallest absolute Gasteiger partial charge is 0.322 e. The summed E-state index contributed by atoms with van der Waals surface area (Å²) in [7, 11) is 0. The van der Waals surface area contributed by atoms with E-state index in [0.717, 1.165) is 49.8 Å². The van der Waals surface area contributed by atoms with Gasteiger partial charge >= 0.3 is 6.03 Å². The van der Waals surface area contributed by atoms with E-state index in [1.54, 1.807) is 27.9 Å². The summed E-state index contributed by atoms with van der Waals surface area (Å²) in [5, 5.41) is 7.28. The highest BCUT2D eigenvalue weighted by molar-refractivity contribution is 5.93. The first-order chi connectivity index (χ1) is 17.9. The molecule has 3 aromatic rings. The van der Waals surface area contributed by atoms with Gasteiger partial charge in [-0.15, -0.1) is 0 Å². The molecule has 3 aliphatic rings. The third-order valence-electron chi connectivity index (χ3n) is 8.10. The topological polar surface area (TPSA) is 82.8 Å². The number of carbonyl (C=O) groups is 1. The van der Waals surface area contributed by atoms with Crippen LogP contribution in [-0.4, -0.2) is 51.1 Å². The van der Waals surface area contributed by atoms with Gasteiger partial charge in [0.05, 0.1) is 12.2 Å². The molecule has 2 aromatic heterocycles. The lowest BCUT2D eigenvalue weighted by atomic mass is 9.72. The van der Waals surface area contributed by atoms with Crippen LogP contribution in [0.5, 0.6) is 0 Å². The number of nitrogens with one attached hydrogen (secondary N) is 1. The number of nitrogens with zero attached hydrogens (tertiary/aromatic N) is 5. The van der Waals surface area contributed by atoms with Crippen LogP contribution in [0.1, 0.15) is 56.6 Å². The Kier molecular flexibility index (Phi) is 5.91. The molecule has 0 radical (unpaired) electrons. The van der Waals surface area contributed by atoms with E-state index in [2.05, 4.69) is 16.4 Å². The van der Waals surface area contributed by atoms with Gasteiger partial charge < -0.3 is 15.1 Å². The van der Waals surface area contributed by atoms with Crippen LogP contribution in [0.25, 0.3) is 5.65 Å². The SMILES string of the molecule is O=C=C1CCCC2(CCN(C(=O)Nc3cnn4ccc(N5CCC[C@@H]5c5cc(F)ccc5F)nc34)C2)C1. The van der Waals surface area contributed by atoms with Crippen LogP contribution in [0.15, 0.2) is 42.2 Å². The molecule has 1 spiro atoms. The summed E-state index contributed by atoms with van der Waals surface area (Å²) >= 11 is 0. The number of likely N-dealkylation sites (tertiary alicyclic amines) is 1. The van der Waals surface area contributed by atoms with Gasteiger partial charge in [-0.25, -0.2) is 27.9 Å². The number of hydrogen-bond donors (Lipinski definition) is 1. The number of fused-ring (bicyclic) bond motifs is 1. The van der Waals surface area contributed by atoms with Gasteiger partial charge in [0, 0.05) is 37.0 Å². The standard InChI is InChI=1S/C27H28F2N6O2/c28-19-5-6-21(29)20(13-19)23-4-2-10-34(23)24-7-11-35-25(32-24)22(15-30-35)31-26(37)33-12-9-27(17-33)8-1-3-18(14-27)16-36/h5-7,11,13,15,23H,1-4,8-10,12,14,17H2,(H,31,37)/t23-,27?/m1/s1. The number of aromatic nitrogens is 3. The van der Waals surface area contributed by atoms with Gasteiger partial charge in [0.1, 0.15) is 29.1 Å². The van der Waals surface area contributed by atoms with Crippen LogP contribution >= 0.6 is 0 Å². The summed E-state index contributed by atoms with van der Waals surface area (Å²) < 4.78 is 30.0. The zero-order valence-corrected chi connectivity index (χ0v) is 20.4. The highest BCUT2D eigenvalue weighted by Gasteiger charge is 2.42. The number of benzene rings is 1. The lowest BCUT2D eigenvalue weighted by molar-refractivity contribution is 0.201. The van der Waals surface area contributed by atoms with Crippen molar-refractivity contribution < 1.29 is 18.4 Å². The average Bonchev–Trinajstić information content (AvgIpc) is 3.65. The van der Waals surface area contributed by atoms with Crippen LogP contribution in [0.4, 0.5) is 25.1 Å². The zero-order chi connectivity index (χ0) is 25.6. The van der Waals surface area contributed by atoms with E-state index in [1.807, 2.05) is 4.90 Å². The first kappa shape index (κ1) is 23.6. The van der Waals surface area contributed by atoms with Crippen LogP contribution in [0.2, 0.25) is 0 Å². The Morgan fingerprint density at radius 3 is 2.92 bits per heavy atom. The maximum absolute atomic E-state index is 14.5. The van der Waals surface area contributed by atoms with Crippen molar-refractivity contribution >= 4 is 29.1 Å². The quantitative estimate of drug-likeness (QED) is 0.511. The van der Waals surface area contributed by atoms with Crippen molar-refractivity contribution in [2.24, 2.45) is 5.41 Å². The Labute approximate surface area is 213 Å². The van der Waals surface area contributed by atoms with Gasteiger partial charge in [-0.2, -0.15) is 5.10 Å². The first-order valence-corrected chi connectivity index (χ1v) is 12.8. The number of anilines is 2. The van der Waals surface area contributed by atoms with Gasteiger partial charge in [0.2, 0.25) is 0 Å². The third-order valence-corrected chi connectivity index (χ3v) is 8.10. The molecule has 10 heteroatoms. The number of halogens is 2. The monoisotopic (exact) mass is 506 g/mol. The Bertz CT molecular complexity index is 1420. The molecule has 2 amide bonds. The molecular weight excluding hydrogens is 478 g/mol. The molecule has 1 unspecified atom stereocenters. The Hall–Kier alpha value is -3.78. The minimum absolute atomic E-state index is 0.0359. The van der Waals surface area contributed by atoms with E-state index in [0.29, 0.717) is 55.2 Å². The van der Waals surface area contributed by atoms with Crippen LogP contribution < -0.4 is 10.2 Å². The van der Waals surface area contributed by atoms with Crippen molar-refractivity contribution in [2.75, 3.05) is 29.9 Å². The van der Waals surface area contributed by atoms with E-state index in [1.165, 1.54) is 6.07 Å². The Balaban J connectivity index is 1.22. The molecule has 3 fully saturated rings. The van der Waals surface area contributed by atoms with Crippen LogP contribution in [-0.2, 0) is 4.79 Å². The molecule has 1 aromatic carbocycles. The molecule has 2 saturated heterocycles. The second kappa shape index (κ2) is 9.27. The number of allylic oxidation sites excluding steroid dienone is 1. The number of hydrogen-bond acceptors (Lipinski definition) is 5. The minimum atomic E-state index is -0.470. The van der Waals surface area contributed by atoms with Gasteiger partial charge in [-0.1, -0.05) is 0 Å². The highest BCUT2D eigenvalue weighted by Crippen LogP contribution is 2.45. The van der Waals surface area contributed by atoms with Crippen LogP contribution in [0.3, 0.4) is 0 Å². The molecule has 8 nitrogen and oxygen atoms in total. The lowest BCUT2D eigenvalue weighted by Gasteiger charge is -2.33. The summed E-state index contributed by atoms with van der Waals surface area (Å²) in [5.41, 5.74) is 2.07. The molecule has 6 rings (SSSR count). The van der Waals surface area contributed by atoms with Crippen molar-refractivity contribution in [2.45, 2.75) is 51.0 Å².